The average molecular weight is 672 g/mol. The number of ether oxygens (including phenoxy) is 1. The van der Waals surface area contributed by atoms with Crippen LogP contribution < -0.4 is 10.2 Å². The average Bonchev–Trinajstić information content (AvgIpc) is 3.43. The van der Waals surface area contributed by atoms with E-state index < -0.39 is 58.2 Å². The van der Waals surface area contributed by atoms with E-state index in [9.17, 15) is 23.9 Å². The normalized spacial score (nSPS) is 28.2. The zero-order valence-corrected chi connectivity index (χ0v) is 27.6. The lowest BCUT2D eigenvalue weighted by Crippen LogP contribution is -2.53. The van der Waals surface area contributed by atoms with Crippen LogP contribution in [-0.2, 0) is 24.6 Å². The SMILES string of the molecule is COc1ccc(C2C3=CCC4C(=O)N(C(C)(C)C)C(=O)C4C3CC3C(=O)N(Nc4ccc(F)cc4)C(=O)C32c2ccc(Cl)cc2)c(O)c1. The molecule has 6 atom stereocenters. The van der Waals surface area contributed by atoms with Gasteiger partial charge in [0.2, 0.25) is 11.8 Å². The summed E-state index contributed by atoms with van der Waals surface area (Å²) in [5, 5.41) is 13.0. The number of fused-ring (bicyclic) bond motifs is 4. The van der Waals surface area contributed by atoms with Gasteiger partial charge in [0, 0.05) is 28.1 Å². The first-order chi connectivity index (χ1) is 22.8. The van der Waals surface area contributed by atoms with Crippen LogP contribution in [0.5, 0.6) is 11.5 Å². The van der Waals surface area contributed by atoms with Gasteiger partial charge in [-0.2, -0.15) is 5.01 Å². The highest BCUT2D eigenvalue weighted by atomic mass is 35.5. The van der Waals surface area contributed by atoms with Crippen LogP contribution in [0.1, 0.15) is 50.7 Å². The molecule has 248 valence electrons. The van der Waals surface area contributed by atoms with Crippen molar-refractivity contribution in [2.45, 2.75) is 50.5 Å². The standard InChI is InChI=1S/C37H35ClFN3O6/c1-36(2,3)41-32(44)26-16-15-24-27(30(26)34(41)46)18-28-33(45)42(40-22-11-9-21(39)10-12-22)35(47)37(28,19-5-7-20(38)8-6-19)31(24)25-14-13-23(48-4)17-29(25)43/h5-15,17,26-28,30-31,40,43H,16,18H2,1-4H3. The molecule has 9 nitrogen and oxygen atoms in total. The third-order valence-electron chi connectivity index (χ3n) is 10.5. The minimum Gasteiger partial charge on any atom is -0.508 e. The molecule has 3 fully saturated rings. The van der Waals surface area contributed by atoms with Gasteiger partial charge in [-0.1, -0.05) is 41.4 Å². The fraction of sp³-hybridized carbons (Fsp3) is 0.351. The molecule has 6 unspecified atom stereocenters. The number of likely N-dealkylation sites (tertiary alicyclic amines) is 1. The van der Waals surface area contributed by atoms with Gasteiger partial charge in [0.05, 0.1) is 36.0 Å². The summed E-state index contributed by atoms with van der Waals surface area (Å²) in [5.41, 5.74) is 2.48. The highest BCUT2D eigenvalue weighted by Gasteiger charge is 2.71. The summed E-state index contributed by atoms with van der Waals surface area (Å²) >= 11 is 6.32. The summed E-state index contributed by atoms with van der Waals surface area (Å²) in [6.45, 7) is 5.45. The number of phenols is 1. The van der Waals surface area contributed by atoms with Gasteiger partial charge in [-0.05, 0) is 87.6 Å². The Hall–Kier alpha value is -4.70. The lowest BCUT2D eigenvalue weighted by atomic mass is 9.49. The number of anilines is 1. The number of carbonyl (C=O) groups excluding carboxylic acids is 4. The van der Waals surface area contributed by atoms with E-state index in [4.69, 9.17) is 16.3 Å². The predicted molar refractivity (Wildman–Crippen MR) is 175 cm³/mol. The topological polar surface area (TPSA) is 116 Å². The molecule has 0 aromatic heterocycles. The van der Waals surface area contributed by atoms with Crippen LogP contribution in [0.4, 0.5) is 10.1 Å². The number of amides is 4. The van der Waals surface area contributed by atoms with Crippen LogP contribution in [0.2, 0.25) is 5.02 Å². The zero-order valence-electron chi connectivity index (χ0n) is 26.9. The van der Waals surface area contributed by atoms with Gasteiger partial charge >= 0.3 is 0 Å². The van der Waals surface area contributed by atoms with E-state index in [1.165, 1.54) is 42.3 Å². The smallest absolute Gasteiger partial charge is 0.260 e. The number of nitrogens with zero attached hydrogens (tertiary/aromatic N) is 2. The fourth-order valence-corrected chi connectivity index (χ4v) is 8.68. The second kappa shape index (κ2) is 11.2. The van der Waals surface area contributed by atoms with E-state index in [0.29, 0.717) is 33.2 Å². The van der Waals surface area contributed by atoms with Crippen molar-refractivity contribution in [3.05, 3.63) is 100 Å². The summed E-state index contributed by atoms with van der Waals surface area (Å²) in [6, 6.07) is 16.8. The third kappa shape index (κ3) is 4.56. The largest absolute Gasteiger partial charge is 0.508 e. The number of carbonyl (C=O) groups is 4. The fourth-order valence-electron chi connectivity index (χ4n) is 8.56. The lowest BCUT2D eigenvalue weighted by Gasteiger charge is -2.50. The van der Waals surface area contributed by atoms with E-state index >= 15 is 4.79 Å². The minimum absolute atomic E-state index is 0.103. The molecule has 3 aromatic carbocycles. The maximum atomic E-state index is 15.1. The quantitative estimate of drug-likeness (QED) is 0.253. The monoisotopic (exact) mass is 671 g/mol. The van der Waals surface area contributed by atoms with Crippen molar-refractivity contribution >= 4 is 40.9 Å². The van der Waals surface area contributed by atoms with Crippen LogP contribution in [0, 0.1) is 29.5 Å². The Kier molecular flexibility index (Phi) is 7.43. The van der Waals surface area contributed by atoms with Gasteiger partial charge in [0.15, 0.2) is 0 Å². The van der Waals surface area contributed by atoms with Crippen LogP contribution in [-0.4, -0.2) is 51.3 Å². The molecule has 2 N–H and O–H groups in total. The number of phenolic OH excluding ortho intramolecular Hbond substituents is 1. The molecular weight excluding hydrogens is 637 g/mol. The molecule has 2 saturated heterocycles. The van der Waals surface area contributed by atoms with Crippen molar-refractivity contribution in [2.75, 3.05) is 12.5 Å². The first-order valence-electron chi connectivity index (χ1n) is 15.9. The number of nitrogens with one attached hydrogen (secondary N) is 1. The predicted octanol–water partition coefficient (Wildman–Crippen LogP) is 5.98. The third-order valence-corrected chi connectivity index (χ3v) is 10.7. The summed E-state index contributed by atoms with van der Waals surface area (Å²) < 4.78 is 19.2. The van der Waals surface area contributed by atoms with Crippen LogP contribution in [0.15, 0.2) is 78.4 Å². The lowest BCUT2D eigenvalue weighted by molar-refractivity contribution is -0.146. The number of benzene rings is 3. The second-order valence-electron chi connectivity index (χ2n) is 14.0. The number of imide groups is 2. The number of hydrogen-bond acceptors (Lipinski definition) is 7. The molecule has 11 heteroatoms. The van der Waals surface area contributed by atoms with Gasteiger partial charge in [-0.25, -0.2) is 4.39 Å². The van der Waals surface area contributed by atoms with Gasteiger partial charge in [-0.15, -0.1) is 0 Å². The molecule has 7 rings (SSSR count). The summed E-state index contributed by atoms with van der Waals surface area (Å²) in [4.78, 5) is 59.0. The van der Waals surface area contributed by atoms with Crippen LogP contribution in [0.25, 0.3) is 0 Å². The first-order valence-corrected chi connectivity index (χ1v) is 16.3. The summed E-state index contributed by atoms with van der Waals surface area (Å²) in [6.07, 6.45) is 2.30. The number of hydrazine groups is 1. The van der Waals surface area contributed by atoms with E-state index in [1.807, 2.05) is 26.8 Å². The maximum Gasteiger partial charge on any atom is 0.260 e. The molecule has 2 aliphatic carbocycles. The summed E-state index contributed by atoms with van der Waals surface area (Å²) in [7, 11) is 1.47. The van der Waals surface area contributed by atoms with Crippen LogP contribution in [0.3, 0.4) is 0 Å². The Balaban J connectivity index is 1.47. The number of aromatic hydroxyl groups is 1. The molecule has 2 heterocycles. The molecule has 4 amide bonds. The molecule has 1 saturated carbocycles. The number of methoxy groups -OCH3 is 1. The van der Waals surface area contributed by atoms with Gasteiger partial charge in [0.1, 0.15) is 17.3 Å². The van der Waals surface area contributed by atoms with Crippen molar-refractivity contribution in [3.8, 4) is 11.5 Å². The van der Waals surface area contributed by atoms with Crippen molar-refractivity contribution < 1.29 is 33.4 Å². The zero-order chi connectivity index (χ0) is 34.3. The Morgan fingerprint density at radius 2 is 1.62 bits per heavy atom. The minimum atomic E-state index is -1.59. The van der Waals surface area contributed by atoms with Crippen molar-refractivity contribution in [1.82, 2.24) is 9.91 Å². The van der Waals surface area contributed by atoms with Crippen molar-refractivity contribution in [2.24, 2.45) is 23.7 Å². The second-order valence-corrected chi connectivity index (χ2v) is 14.4. The maximum absolute atomic E-state index is 15.1. The first kappa shape index (κ1) is 31.9. The Morgan fingerprint density at radius 1 is 0.938 bits per heavy atom. The Morgan fingerprint density at radius 3 is 2.25 bits per heavy atom. The van der Waals surface area contributed by atoms with Gasteiger partial charge < -0.3 is 9.84 Å². The van der Waals surface area contributed by atoms with E-state index in [-0.39, 0.29) is 30.4 Å². The Bertz CT molecular complexity index is 1890. The Labute approximate surface area is 282 Å². The number of halogens is 2. The molecule has 3 aromatic rings. The number of allylic oxidation sites excluding steroid dienone is 2. The molecule has 48 heavy (non-hydrogen) atoms. The van der Waals surface area contributed by atoms with Crippen molar-refractivity contribution in [3.63, 3.8) is 0 Å². The molecule has 0 bridgehead atoms. The molecule has 2 aliphatic heterocycles. The van der Waals surface area contributed by atoms with E-state index in [2.05, 4.69) is 5.43 Å². The molecular formula is C37H35ClFN3O6. The van der Waals surface area contributed by atoms with E-state index in [0.717, 1.165) is 5.01 Å². The van der Waals surface area contributed by atoms with Gasteiger partial charge in [-0.3, -0.25) is 29.5 Å². The summed E-state index contributed by atoms with van der Waals surface area (Å²) in [5.74, 6) is -5.77. The van der Waals surface area contributed by atoms with Gasteiger partial charge in [0.25, 0.3) is 11.8 Å². The molecule has 0 radical (unpaired) electrons. The highest BCUT2D eigenvalue weighted by Crippen LogP contribution is 2.65. The molecule has 0 spiro atoms. The number of hydrogen-bond donors (Lipinski definition) is 2. The van der Waals surface area contributed by atoms with E-state index in [1.54, 1.807) is 36.4 Å². The molecule has 4 aliphatic rings. The number of rotatable bonds is 5. The van der Waals surface area contributed by atoms with Crippen molar-refractivity contribution in [1.29, 1.82) is 0 Å². The highest BCUT2D eigenvalue weighted by molar-refractivity contribution is 6.30. The van der Waals surface area contributed by atoms with Crippen LogP contribution >= 0.6 is 11.6 Å².